The van der Waals surface area contributed by atoms with Gasteiger partial charge in [0.15, 0.2) is 10.9 Å². The molecule has 102 valence electrons. The first-order valence-electron chi connectivity index (χ1n) is 5.77. The van der Waals surface area contributed by atoms with E-state index in [2.05, 4.69) is 12.6 Å². The number of thiol groups is 1. The third kappa shape index (κ3) is 5.26. The van der Waals surface area contributed by atoms with Gasteiger partial charge in [-0.25, -0.2) is 4.79 Å². The highest BCUT2D eigenvalue weighted by atomic mass is 32.1. The molecule has 0 unspecified atom stereocenters. The van der Waals surface area contributed by atoms with Crippen molar-refractivity contribution in [2.45, 2.75) is 32.8 Å². The van der Waals surface area contributed by atoms with E-state index in [-0.39, 0.29) is 17.8 Å². The number of carbonyl (C=O) groups is 3. The van der Waals surface area contributed by atoms with Gasteiger partial charge in [0.05, 0.1) is 12.0 Å². The van der Waals surface area contributed by atoms with Gasteiger partial charge in [-0.15, -0.1) is 12.6 Å². The Bertz CT molecular complexity index is 514. The molecule has 1 rings (SSSR count). The largest absolute Gasteiger partial charge is 0.456 e. The summed E-state index contributed by atoms with van der Waals surface area (Å²) in [7, 11) is 0. The molecule has 1 aromatic rings. The van der Waals surface area contributed by atoms with Crippen LogP contribution in [0.2, 0.25) is 0 Å². The maximum Gasteiger partial charge on any atom is 0.338 e. The predicted octanol–water partition coefficient (Wildman–Crippen LogP) is 2.67. The summed E-state index contributed by atoms with van der Waals surface area (Å²) in [6.07, 6.45) is -0.291. The van der Waals surface area contributed by atoms with E-state index in [9.17, 15) is 14.4 Å². The van der Waals surface area contributed by atoms with Crippen LogP contribution in [0.4, 0.5) is 0 Å². The molecule has 0 saturated carbocycles. The molecule has 0 aliphatic carbocycles. The zero-order chi connectivity index (χ0) is 14.6. The number of carbonyl (C=O) groups excluding carboxylic acids is 3. The highest BCUT2D eigenvalue weighted by Crippen LogP contribution is 2.14. The van der Waals surface area contributed by atoms with E-state index in [1.165, 1.54) is 6.07 Å². The Kier molecular flexibility index (Phi) is 4.89. The highest BCUT2D eigenvalue weighted by molar-refractivity contribution is 7.96. The van der Waals surface area contributed by atoms with E-state index in [0.29, 0.717) is 5.56 Å². The van der Waals surface area contributed by atoms with Crippen LogP contribution in [0.5, 0.6) is 0 Å². The standard InChI is InChI=1S/C14H16O4S/c1-14(2,3)18-13(17)10-6-4-5-9(7-10)11(15)8-12(16)19/h4-7H,8H2,1-3H3,(H,16,19). The van der Waals surface area contributed by atoms with Gasteiger partial charge in [0, 0.05) is 5.56 Å². The van der Waals surface area contributed by atoms with Gasteiger partial charge in [-0.3, -0.25) is 9.59 Å². The van der Waals surface area contributed by atoms with Crippen molar-refractivity contribution < 1.29 is 19.1 Å². The molecule has 0 aliphatic rings. The fraction of sp³-hybridized carbons (Fsp3) is 0.357. The Hall–Kier alpha value is -1.62. The summed E-state index contributed by atoms with van der Waals surface area (Å²) >= 11 is 3.56. The molecule has 4 nitrogen and oxygen atoms in total. The van der Waals surface area contributed by atoms with Crippen molar-refractivity contribution >= 4 is 29.5 Å². The molecule has 0 heterocycles. The first kappa shape index (κ1) is 15.4. The zero-order valence-corrected chi connectivity index (χ0v) is 12.0. The lowest BCUT2D eigenvalue weighted by Gasteiger charge is -2.19. The van der Waals surface area contributed by atoms with E-state index in [0.717, 1.165) is 0 Å². The average molecular weight is 280 g/mol. The third-order valence-corrected chi connectivity index (χ3v) is 2.29. The molecule has 0 amide bonds. The highest BCUT2D eigenvalue weighted by Gasteiger charge is 2.19. The van der Waals surface area contributed by atoms with E-state index < -0.39 is 16.7 Å². The van der Waals surface area contributed by atoms with Crippen molar-refractivity contribution in [1.29, 1.82) is 0 Å². The summed E-state index contributed by atoms with van der Waals surface area (Å²) in [4.78, 5) is 34.3. The monoisotopic (exact) mass is 280 g/mol. The number of ketones is 1. The Morgan fingerprint density at radius 3 is 2.26 bits per heavy atom. The molecule has 0 aliphatic heterocycles. The Morgan fingerprint density at radius 1 is 1.16 bits per heavy atom. The van der Waals surface area contributed by atoms with Gasteiger partial charge in [0.25, 0.3) is 0 Å². The van der Waals surface area contributed by atoms with Crippen molar-refractivity contribution in [3.63, 3.8) is 0 Å². The average Bonchev–Trinajstić information content (AvgIpc) is 2.26. The van der Waals surface area contributed by atoms with E-state index in [1.807, 2.05) is 0 Å². The number of hydrogen-bond donors (Lipinski definition) is 1. The van der Waals surface area contributed by atoms with Gasteiger partial charge < -0.3 is 4.74 Å². The SMILES string of the molecule is CC(C)(C)OC(=O)c1cccc(C(=O)CC(=O)S)c1. The van der Waals surface area contributed by atoms with Gasteiger partial charge in [-0.05, 0) is 32.9 Å². The van der Waals surface area contributed by atoms with Crippen molar-refractivity contribution in [1.82, 2.24) is 0 Å². The predicted molar refractivity (Wildman–Crippen MR) is 74.6 cm³/mol. The van der Waals surface area contributed by atoms with Crippen LogP contribution in [0, 0.1) is 0 Å². The summed E-state index contributed by atoms with van der Waals surface area (Å²) in [6.45, 7) is 5.29. The molecule has 0 fully saturated rings. The van der Waals surface area contributed by atoms with Crippen LogP contribution in [0.15, 0.2) is 24.3 Å². The summed E-state index contributed by atoms with van der Waals surface area (Å²) in [6, 6.07) is 6.11. The topological polar surface area (TPSA) is 60.4 Å². The zero-order valence-electron chi connectivity index (χ0n) is 11.1. The lowest BCUT2D eigenvalue weighted by molar-refractivity contribution is -0.110. The summed E-state index contributed by atoms with van der Waals surface area (Å²) in [5, 5.41) is -0.507. The second kappa shape index (κ2) is 6.02. The van der Waals surface area contributed by atoms with Crippen molar-refractivity contribution in [2.24, 2.45) is 0 Å². The Labute approximate surface area is 117 Å². The third-order valence-electron chi connectivity index (χ3n) is 2.13. The minimum absolute atomic E-state index is 0.285. The van der Waals surface area contributed by atoms with Crippen LogP contribution < -0.4 is 0 Å². The number of benzene rings is 1. The normalized spacial score (nSPS) is 10.9. The number of hydrogen-bond acceptors (Lipinski definition) is 4. The maximum absolute atomic E-state index is 11.8. The molecule has 0 radical (unpaired) electrons. The van der Waals surface area contributed by atoms with Crippen LogP contribution >= 0.6 is 12.6 Å². The molecular weight excluding hydrogens is 264 g/mol. The van der Waals surface area contributed by atoms with Gasteiger partial charge in [0.1, 0.15) is 5.60 Å². The number of Topliss-reactive ketones (excluding diaryl/α,β-unsaturated/α-hetero) is 1. The van der Waals surface area contributed by atoms with Crippen LogP contribution in [0.3, 0.4) is 0 Å². The molecule has 0 atom stereocenters. The van der Waals surface area contributed by atoms with Crippen molar-refractivity contribution in [3.05, 3.63) is 35.4 Å². The second-order valence-electron chi connectivity index (χ2n) is 5.08. The molecule has 0 spiro atoms. The van der Waals surface area contributed by atoms with E-state index in [4.69, 9.17) is 4.74 Å². The van der Waals surface area contributed by atoms with Crippen molar-refractivity contribution in [2.75, 3.05) is 0 Å². The van der Waals surface area contributed by atoms with Gasteiger partial charge in [0.2, 0.25) is 0 Å². The molecular formula is C14H16O4S. The minimum atomic E-state index is -0.599. The molecule has 1 aromatic carbocycles. The smallest absolute Gasteiger partial charge is 0.338 e. The van der Waals surface area contributed by atoms with Crippen LogP contribution in [0.1, 0.15) is 47.9 Å². The quantitative estimate of drug-likeness (QED) is 0.399. The number of rotatable bonds is 4. The molecule has 5 heteroatoms. The van der Waals surface area contributed by atoms with Crippen LogP contribution in [-0.4, -0.2) is 22.5 Å². The van der Waals surface area contributed by atoms with Crippen LogP contribution in [0.25, 0.3) is 0 Å². The minimum Gasteiger partial charge on any atom is -0.456 e. The molecule has 0 bridgehead atoms. The van der Waals surface area contributed by atoms with Crippen LogP contribution in [-0.2, 0) is 9.53 Å². The van der Waals surface area contributed by atoms with Gasteiger partial charge in [-0.2, -0.15) is 0 Å². The van der Waals surface area contributed by atoms with E-state index in [1.54, 1.807) is 39.0 Å². The number of esters is 1. The second-order valence-corrected chi connectivity index (χ2v) is 5.58. The molecule has 19 heavy (non-hydrogen) atoms. The fourth-order valence-electron chi connectivity index (χ4n) is 1.40. The summed E-state index contributed by atoms with van der Waals surface area (Å²) in [5.41, 5.74) is -0.0174. The Morgan fingerprint density at radius 2 is 1.74 bits per heavy atom. The lowest BCUT2D eigenvalue weighted by atomic mass is 10.1. The first-order chi connectivity index (χ1) is 8.69. The summed E-state index contributed by atoms with van der Waals surface area (Å²) in [5.74, 6) is -0.871. The maximum atomic E-state index is 11.8. The number of ether oxygens (including phenoxy) is 1. The first-order valence-corrected chi connectivity index (χ1v) is 6.22. The Balaban J connectivity index is 2.91. The van der Waals surface area contributed by atoms with E-state index >= 15 is 0 Å². The molecule has 0 saturated heterocycles. The van der Waals surface area contributed by atoms with Gasteiger partial charge in [-0.1, -0.05) is 12.1 Å². The molecule has 0 aromatic heterocycles. The van der Waals surface area contributed by atoms with Crippen molar-refractivity contribution in [3.8, 4) is 0 Å². The molecule has 0 N–H and O–H groups in total. The fourth-order valence-corrected chi connectivity index (χ4v) is 1.54. The lowest BCUT2D eigenvalue weighted by Crippen LogP contribution is -2.24. The summed E-state index contributed by atoms with van der Waals surface area (Å²) < 4.78 is 5.21. The van der Waals surface area contributed by atoms with Gasteiger partial charge >= 0.3 is 5.97 Å².